The molecule has 120 valence electrons. The van der Waals surface area contributed by atoms with Crippen LogP contribution in [-0.4, -0.2) is 41.1 Å². The van der Waals surface area contributed by atoms with E-state index in [4.69, 9.17) is 9.47 Å². The van der Waals surface area contributed by atoms with E-state index in [-0.39, 0.29) is 16.4 Å². The molecule has 2 rings (SSSR count). The molecule has 22 heavy (non-hydrogen) atoms. The molecule has 1 aromatic rings. The number of benzene rings is 1. The van der Waals surface area contributed by atoms with E-state index in [2.05, 4.69) is 0 Å². The number of nitrogens with zero attached hydrogens (tertiary/aromatic N) is 1. The molecule has 0 spiro atoms. The van der Waals surface area contributed by atoms with Gasteiger partial charge in [-0.05, 0) is 38.8 Å². The van der Waals surface area contributed by atoms with Gasteiger partial charge in [0.25, 0.3) is 5.24 Å². The van der Waals surface area contributed by atoms with Gasteiger partial charge < -0.3 is 9.47 Å². The minimum Gasteiger partial charge on any atom is -0.494 e. The van der Waals surface area contributed by atoms with Gasteiger partial charge in [0.1, 0.15) is 11.5 Å². The monoisotopic (exact) mass is 323 g/mol. The van der Waals surface area contributed by atoms with Crippen LogP contribution in [0.2, 0.25) is 0 Å². The standard InChI is InChI=1S/C16H21NO4S/c1-4-17-15(18)14(22-16(17)19)9-11-7-8-12(20-5-2)10-13(11)21-6-3/h7-8,10,14H,4-6,9H2,1-3H3/t14-/m1/s1. The summed E-state index contributed by atoms with van der Waals surface area (Å²) >= 11 is 1.09. The summed E-state index contributed by atoms with van der Waals surface area (Å²) in [4.78, 5) is 25.3. The van der Waals surface area contributed by atoms with E-state index in [0.29, 0.717) is 31.9 Å². The van der Waals surface area contributed by atoms with E-state index in [1.54, 1.807) is 6.92 Å². The van der Waals surface area contributed by atoms with E-state index in [1.807, 2.05) is 32.0 Å². The zero-order valence-corrected chi connectivity index (χ0v) is 13.9. The molecule has 1 aliphatic rings. The molecule has 0 aromatic heterocycles. The molecule has 0 radical (unpaired) electrons. The Morgan fingerprint density at radius 3 is 2.45 bits per heavy atom. The highest BCUT2D eigenvalue weighted by Crippen LogP contribution is 2.33. The lowest BCUT2D eigenvalue weighted by Gasteiger charge is -2.15. The highest BCUT2D eigenvalue weighted by molar-refractivity contribution is 8.15. The van der Waals surface area contributed by atoms with Crippen LogP contribution in [0.25, 0.3) is 0 Å². The Bertz CT molecular complexity index is 561. The molecule has 0 unspecified atom stereocenters. The third-order valence-corrected chi connectivity index (χ3v) is 4.45. The number of thioether (sulfide) groups is 1. The van der Waals surface area contributed by atoms with Gasteiger partial charge in [0.2, 0.25) is 5.91 Å². The van der Waals surface area contributed by atoms with E-state index in [9.17, 15) is 9.59 Å². The van der Waals surface area contributed by atoms with Crippen LogP contribution in [0.5, 0.6) is 11.5 Å². The Kier molecular flexibility index (Phi) is 5.71. The number of hydrogen-bond acceptors (Lipinski definition) is 5. The Labute approximate surface area is 135 Å². The van der Waals surface area contributed by atoms with Gasteiger partial charge in [-0.1, -0.05) is 17.8 Å². The molecule has 1 atom stereocenters. The summed E-state index contributed by atoms with van der Waals surface area (Å²) in [5.74, 6) is 1.34. The van der Waals surface area contributed by atoms with Crippen molar-refractivity contribution in [2.75, 3.05) is 19.8 Å². The van der Waals surface area contributed by atoms with Crippen molar-refractivity contribution in [3.63, 3.8) is 0 Å². The van der Waals surface area contributed by atoms with Gasteiger partial charge in [-0.25, -0.2) is 0 Å². The van der Waals surface area contributed by atoms with E-state index in [0.717, 1.165) is 23.1 Å². The molecule has 1 heterocycles. The molecule has 0 bridgehead atoms. The first-order valence-electron chi connectivity index (χ1n) is 7.51. The molecule has 5 nitrogen and oxygen atoms in total. The van der Waals surface area contributed by atoms with Gasteiger partial charge in [-0.3, -0.25) is 14.5 Å². The second-order valence-corrected chi connectivity index (χ2v) is 5.95. The normalized spacial score (nSPS) is 18.0. The maximum Gasteiger partial charge on any atom is 0.289 e. The molecular weight excluding hydrogens is 302 g/mol. The first kappa shape index (κ1) is 16.7. The number of hydrogen-bond donors (Lipinski definition) is 0. The van der Waals surface area contributed by atoms with Gasteiger partial charge in [0.05, 0.1) is 18.5 Å². The summed E-state index contributed by atoms with van der Waals surface area (Å²) in [5, 5.41) is -0.536. The number of imide groups is 1. The minimum atomic E-state index is -0.371. The van der Waals surface area contributed by atoms with Crippen LogP contribution in [0, 0.1) is 0 Å². The van der Waals surface area contributed by atoms with Crippen LogP contribution in [0.4, 0.5) is 4.79 Å². The number of amides is 2. The van der Waals surface area contributed by atoms with Crippen molar-refractivity contribution in [1.29, 1.82) is 0 Å². The second kappa shape index (κ2) is 7.54. The lowest BCUT2D eigenvalue weighted by Crippen LogP contribution is -2.31. The predicted molar refractivity (Wildman–Crippen MR) is 86.6 cm³/mol. The lowest BCUT2D eigenvalue weighted by molar-refractivity contribution is -0.126. The fourth-order valence-corrected chi connectivity index (χ4v) is 3.44. The summed E-state index contributed by atoms with van der Waals surface area (Å²) in [6, 6.07) is 5.61. The first-order valence-corrected chi connectivity index (χ1v) is 8.39. The van der Waals surface area contributed by atoms with Crippen molar-refractivity contribution in [2.45, 2.75) is 32.4 Å². The summed E-state index contributed by atoms with van der Waals surface area (Å²) < 4.78 is 11.1. The van der Waals surface area contributed by atoms with Crippen molar-refractivity contribution in [3.05, 3.63) is 23.8 Å². The largest absolute Gasteiger partial charge is 0.494 e. The number of carbonyl (C=O) groups excluding carboxylic acids is 2. The van der Waals surface area contributed by atoms with Gasteiger partial charge in [-0.2, -0.15) is 0 Å². The Balaban J connectivity index is 2.18. The maximum absolute atomic E-state index is 12.2. The zero-order valence-electron chi connectivity index (χ0n) is 13.1. The predicted octanol–water partition coefficient (Wildman–Crippen LogP) is 3.11. The molecule has 0 saturated carbocycles. The number of rotatable bonds is 7. The Morgan fingerprint density at radius 2 is 1.86 bits per heavy atom. The van der Waals surface area contributed by atoms with Gasteiger partial charge in [-0.15, -0.1) is 0 Å². The molecule has 6 heteroatoms. The molecule has 0 N–H and O–H groups in total. The fourth-order valence-electron chi connectivity index (χ4n) is 2.36. The van der Waals surface area contributed by atoms with E-state index >= 15 is 0 Å². The van der Waals surface area contributed by atoms with Gasteiger partial charge in [0.15, 0.2) is 0 Å². The van der Waals surface area contributed by atoms with Crippen molar-refractivity contribution >= 4 is 22.9 Å². The highest BCUT2D eigenvalue weighted by Gasteiger charge is 2.38. The van der Waals surface area contributed by atoms with Crippen LogP contribution < -0.4 is 9.47 Å². The quantitative estimate of drug-likeness (QED) is 0.772. The smallest absolute Gasteiger partial charge is 0.289 e. The van der Waals surface area contributed by atoms with Crippen LogP contribution in [0.1, 0.15) is 26.3 Å². The van der Waals surface area contributed by atoms with Crippen molar-refractivity contribution in [2.24, 2.45) is 0 Å². The summed E-state index contributed by atoms with van der Waals surface area (Å²) in [7, 11) is 0. The molecule has 1 aromatic carbocycles. The molecule has 0 aliphatic carbocycles. The van der Waals surface area contributed by atoms with E-state index in [1.165, 1.54) is 4.90 Å². The summed E-state index contributed by atoms with van der Waals surface area (Å²) in [6.07, 6.45) is 0.480. The molecule has 1 fully saturated rings. The van der Waals surface area contributed by atoms with Gasteiger partial charge >= 0.3 is 0 Å². The molecule has 2 amide bonds. The molecule has 1 aliphatic heterocycles. The summed E-state index contributed by atoms with van der Waals surface area (Å²) in [5.41, 5.74) is 0.918. The van der Waals surface area contributed by atoms with E-state index < -0.39 is 0 Å². The lowest BCUT2D eigenvalue weighted by atomic mass is 10.1. The van der Waals surface area contributed by atoms with Crippen LogP contribution in [0.3, 0.4) is 0 Å². The zero-order chi connectivity index (χ0) is 16.1. The number of ether oxygens (including phenoxy) is 2. The van der Waals surface area contributed by atoms with Crippen molar-refractivity contribution in [1.82, 2.24) is 4.90 Å². The third-order valence-electron chi connectivity index (χ3n) is 3.38. The topological polar surface area (TPSA) is 55.8 Å². The average Bonchev–Trinajstić information content (AvgIpc) is 2.76. The van der Waals surface area contributed by atoms with Crippen molar-refractivity contribution in [3.8, 4) is 11.5 Å². The second-order valence-electron chi connectivity index (χ2n) is 4.79. The third kappa shape index (κ3) is 3.55. The van der Waals surface area contributed by atoms with Crippen LogP contribution >= 0.6 is 11.8 Å². The van der Waals surface area contributed by atoms with Crippen LogP contribution in [-0.2, 0) is 11.2 Å². The van der Waals surface area contributed by atoms with Crippen molar-refractivity contribution < 1.29 is 19.1 Å². The van der Waals surface area contributed by atoms with Gasteiger partial charge in [0, 0.05) is 12.6 Å². The highest BCUT2D eigenvalue weighted by atomic mass is 32.2. The summed E-state index contributed by atoms with van der Waals surface area (Å²) in [6.45, 7) is 7.18. The SMILES string of the molecule is CCOc1ccc(C[C@H]2SC(=O)N(CC)C2=O)c(OCC)c1. The Morgan fingerprint density at radius 1 is 1.14 bits per heavy atom. The Hall–Kier alpha value is -1.69. The molecular formula is C16H21NO4S. The molecule has 1 saturated heterocycles. The minimum absolute atomic E-state index is 0.117. The fraction of sp³-hybridized carbons (Fsp3) is 0.500. The maximum atomic E-state index is 12.2. The number of carbonyl (C=O) groups is 2. The van der Waals surface area contributed by atoms with Crippen LogP contribution in [0.15, 0.2) is 18.2 Å². The average molecular weight is 323 g/mol. The first-order chi connectivity index (χ1) is 10.6.